The van der Waals surface area contributed by atoms with Gasteiger partial charge in [0, 0.05) is 41.3 Å². The van der Waals surface area contributed by atoms with Crippen molar-refractivity contribution in [2.75, 3.05) is 33.9 Å². The number of ketones is 1. The molecular weight excluding hydrogens is 512 g/mol. The van der Waals surface area contributed by atoms with Crippen molar-refractivity contribution < 1.29 is 38.8 Å². The second-order valence-electron chi connectivity index (χ2n) is 10.8. The summed E-state index contributed by atoms with van der Waals surface area (Å²) in [5, 5.41) is 44.8. The molecular formula is C28H35F2N3O6. The molecule has 0 saturated heterocycles. The molecule has 3 aliphatic rings. The van der Waals surface area contributed by atoms with E-state index in [1.54, 1.807) is 19.0 Å². The van der Waals surface area contributed by atoms with Gasteiger partial charge in [-0.1, -0.05) is 13.5 Å². The molecule has 4 rings (SSSR count). The molecule has 3 aliphatic carbocycles. The summed E-state index contributed by atoms with van der Waals surface area (Å²) in [6, 6.07) is 0.162. The SMILES string of the molecule is C=C1C(C(N)=O)=C(O)[C@@H](N(C)C)[C@@H]2C[C@@H]3Cc4c(F)c(CN(CCC)CCF)cc(O)c4C(O)=C3C(=O)[C@]12O. The normalized spacial score (nSPS) is 26.7. The van der Waals surface area contributed by atoms with Gasteiger partial charge < -0.3 is 26.2 Å². The van der Waals surface area contributed by atoms with Crippen LogP contribution in [-0.4, -0.2) is 87.4 Å². The van der Waals surface area contributed by atoms with Crippen molar-refractivity contribution in [3.8, 4) is 5.75 Å². The number of phenols is 1. The minimum absolute atomic E-state index is 0.0137. The van der Waals surface area contributed by atoms with Crippen molar-refractivity contribution in [1.29, 1.82) is 0 Å². The van der Waals surface area contributed by atoms with E-state index in [4.69, 9.17) is 5.73 Å². The number of benzene rings is 1. The number of alkyl halides is 1. The van der Waals surface area contributed by atoms with Gasteiger partial charge in [-0.25, -0.2) is 8.78 Å². The van der Waals surface area contributed by atoms with Crippen LogP contribution < -0.4 is 5.73 Å². The van der Waals surface area contributed by atoms with Gasteiger partial charge in [0.25, 0.3) is 5.91 Å². The fraction of sp³-hybridized carbons (Fsp3) is 0.500. The van der Waals surface area contributed by atoms with Crippen molar-refractivity contribution >= 4 is 17.4 Å². The molecule has 6 N–H and O–H groups in total. The van der Waals surface area contributed by atoms with E-state index in [1.807, 2.05) is 6.92 Å². The van der Waals surface area contributed by atoms with Crippen LogP contribution in [-0.2, 0) is 22.6 Å². The Bertz CT molecular complexity index is 1300. The number of nitrogens with two attached hydrogens (primary N) is 1. The number of Topliss-reactive ketones (excluding diaryl/α,β-unsaturated/α-hetero) is 1. The first-order valence-corrected chi connectivity index (χ1v) is 12.9. The molecule has 11 heteroatoms. The van der Waals surface area contributed by atoms with Crippen LogP contribution in [0.25, 0.3) is 5.76 Å². The average molecular weight is 548 g/mol. The van der Waals surface area contributed by atoms with E-state index >= 15 is 4.39 Å². The second-order valence-corrected chi connectivity index (χ2v) is 10.8. The number of phenolic OH excluding ortho intramolecular Hbond substituents is 1. The lowest BCUT2D eigenvalue weighted by molar-refractivity contribution is -0.143. The van der Waals surface area contributed by atoms with E-state index in [9.17, 15) is 34.4 Å². The van der Waals surface area contributed by atoms with E-state index in [0.29, 0.717) is 6.54 Å². The topological polar surface area (TPSA) is 148 Å². The Morgan fingerprint density at radius 2 is 1.92 bits per heavy atom. The number of primary amides is 1. The van der Waals surface area contributed by atoms with E-state index < -0.39 is 70.5 Å². The van der Waals surface area contributed by atoms with Gasteiger partial charge in [-0.2, -0.15) is 0 Å². The van der Waals surface area contributed by atoms with Crippen molar-refractivity contribution in [1.82, 2.24) is 9.80 Å². The number of carbonyl (C=O) groups is 2. The smallest absolute Gasteiger partial charge is 0.252 e. The molecule has 0 heterocycles. The molecule has 0 aliphatic heterocycles. The fourth-order valence-electron chi connectivity index (χ4n) is 6.58. The highest BCUT2D eigenvalue weighted by atomic mass is 19.1. The number of aliphatic hydroxyl groups excluding tert-OH is 2. The predicted molar refractivity (Wildman–Crippen MR) is 140 cm³/mol. The third-order valence-electron chi connectivity index (χ3n) is 8.25. The number of fused-ring (bicyclic) bond motifs is 3. The van der Waals surface area contributed by atoms with Crippen LogP contribution in [0.4, 0.5) is 8.78 Å². The first kappa shape index (κ1) is 28.7. The van der Waals surface area contributed by atoms with Crippen LogP contribution in [0, 0.1) is 17.7 Å². The molecule has 1 aromatic rings. The maximum Gasteiger partial charge on any atom is 0.252 e. The largest absolute Gasteiger partial charge is 0.510 e. The minimum Gasteiger partial charge on any atom is -0.510 e. The zero-order chi connectivity index (χ0) is 29.0. The van der Waals surface area contributed by atoms with Gasteiger partial charge in [-0.05, 0) is 51.9 Å². The van der Waals surface area contributed by atoms with E-state index in [1.165, 1.54) is 4.90 Å². The van der Waals surface area contributed by atoms with Crippen LogP contribution in [0.3, 0.4) is 0 Å². The molecule has 9 nitrogen and oxygen atoms in total. The minimum atomic E-state index is -2.38. The van der Waals surface area contributed by atoms with E-state index in [-0.39, 0.29) is 53.8 Å². The lowest BCUT2D eigenvalue weighted by Crippen LogP contribution is -2.63. The quantitative estimate of drug-likeness (QED) is 0.333. The standard InChI is InChI=1S/C28H35F2N3O6/c1-5-7-33(8-6-29)12-15-11-18(34)21-16(22(15)30)9-14-10-17-23(32(3)4)25(36)19(27(31)38)13(2)28(17,39)26(37)20(14)24(21)35/h11,14,17,23,34-36,39H,2,5-10,12H2,1,3-4H3,(H2,31,38)/t14-,17-,23-,28-/m0/s1. The maximum atomic E-state index is 15.9. The Kier molecular flexibility index (Phi) is 7.63. The van der Waals surface area contributed by atoms with Crippen LogP contribution in [0.15, 0.2) is 35.1 Å². The van der Waals surface area contributed by atoms with Gasteiger partial charge in [-0.3, -0.25) is 19.4 Å². The van der Waals surface area contributed by atoms with Crippen molar-refractivity contribution in [2.45, 2.75) is 44.4 Å². The van der Waals surface area contributed by atoms with Gasteiger partial charge in [0.05, 0.1) is 17.2 Å². The van der Waals surface area contributed by atoms with E-state index in [2.05, 4.69) is 6.58 Å². The summed E-state index contributed by atoms with van der Waals surface area (Å²) in [5.74, 6) is -6.00. The fourth-order valence-corrected chi connectivity index (χ4v) is 6.58. The molecule has 0 unspecified atom stereocenters. The molecule has 1 amide bonds. The molecule has 1 fully saturated rings. The maximum absolute atomic E-state index is 15.9. The molecule has 0 radical (unpaired) electrons. The van der Waals surface area contributed by atoms with Gasteiger partial charge in [0.2, 0.25) is 0 Å². The Labute approximate surface area is 225 Å². The number of aliphatic hydroxyl groups is 3. The molecule has 0 aromatic heterocycles. The molecule has 1 saturated carbocycles. The highest BCUT2D eigenvalue weighted by Gasteiger charge is 2.62. The zero-order valence-corrected chi connectivity index (χ0v) is 22.3. The molecule has 4 atom stereocenters. The van der Waals surface area contributed by atoms with Crippen molar-refractivity contribution in [3.63, 3.8) is 0 Å². The zero-order valence-electron chi connectivity index (χ0n) is 22.3. The number of nitrogens with zero attached hydrogens (tertiary/aromatic N) is 2. The molecule has 39 heavy (non-hydrogen) atoms. The third kappa shape index (κ3) is 4.32. The van der Waals surface area contributed by atoms with Crippen LogP contribution >= 0.6 is 0 Å². The number of hydrogen-bond acceptors (Lipinski definition) is 8. The first-order valence-electron chi connectivity index (χ1n) is 12.9. The first-order chi connectivity index (χ1) is 18.3. The van der Waals surface area contributed by atoms with Crippen molar-refractivity contribution in [2.24, 2.45) is 17.6 Å². The number of amides is 1. The summed E-state index contributed by atoms with van der Waals surface area (Å²) in [6.07, 6.45) is 0.668. The van der Waals surface area contributed by atoms with Gasteiger partial charge in [0.1, 0.15) is 29.8 Å². The number of aromatic hydroxyl groups is 1. The summed E-state index contributed by atoms with van der Waals surface area (Å²) in [7, 11) is 3.20. The monoisotopic (exact) mass is 547 g/mol. The Hall–Kier alpha value is -3.28. The number of carbonyl (C=O) groups excluding carboxylic acids is 2. The molecule has 212 valence electrons. The predicted octanol–water partition coefficient (Wildman–Crippen LogP) is 2.27. The Balaban J connectivity index is 1.85. The summed E-state index contributed by atoms with van der Waals surface area (Å²) in [4.78, 5) is 29.4. The number of likely N-dealkylation sites (N-methyl/N-ethyl adjacent to an activating group) is 1. The summed E-state index contributed by atoms with van der Waals surface area (Å²) >= 11 is 0. The average Bonchev–Trinajstić information content (AvgIpc) is 2.84. The summed E-state index contributed by atoms with van der Waals surface area (Å²) in [5.41, 5.74) is 1.93. The lowest BCUT2D eigenvalue weighted by atomic mass is 9.56. The van der Waals surface area contributed by atoms with Crippen LogP contribution in [0.2, 0.25) is 0 Å². The highest BCUT2D eigenvalue weighted by Crippen LogP contribution is 2.54. The molecule has 0 bridgehead atoms. The van der Waals surface area contributed by atoms with Crippen LogP contribution in [0.1, 0.15) is 36.5 Å². The van der Waals surface area contributed by atoms with Gasteiger partial charge in [0.15, 0.2) is 11.4 Å². The number of rotatable bonds is 8. The Morgan fingerprint density at radius 3 is 2.49 bits per heavy atom. The second kappa shape index (κ2) is 10.4. The molecule has 0 spiro atoms. The van der Waals surface area contributed by atoms with E-state index in [0.717, 1.165) is 12.5 Å². The summed E-state index contributed by atoms with van der Waals surface area (Å²) in [6.45, 7) is 5.69. The summed E-state index contributed by atoms with van der Waals surface area (Å²) < 4.78 is 28.9. The van der Waals surface area contributed by atoms with Crippen molar-refractivity contribution in [3.05, 3.63) is 57.6 Å². The third-order valence-corrected chi connectivity index (χ3v) is 8.25. The van der Waals surface area contributed by atoms with Gasteiger partial charge in [-0.15, -0.1) is 0 Å². The number of halogens is 2. The molecule has 1 aromatic carbocycles. The Morgan fingerprint density at radius 1 is 1.26 bits per heavy atom. The van der Waals surface area contributed by atoms with Crippen LogP contribution in [0.5, 0.6) is 5.75 Å². The lowest BCUT2D eigenvalue weighted by Gasteiger charge is -2.52. The van der Waals surface area contributed by atoms with Gasteiger partial charge >= 0.3 is 0 Å². The number of hydrogen-bond donors (Lipinski definition) is 5. The highest BCUT2D eigenvalue weighted by molar-refractivity contribution is 6.13.